The molecular formula is C24H31BrN2O4. The second kappa shape index (κ2) is 11.2. The Morgan fingerprint density at radius 1 is 0.968 bits per heavy atom. The monoisotopic (exact) mass is 490 g/mol. The van der Waals surface area contributed by atoms with E-state index in [4.69, 9.17) is 9.47 Å². The van der Waals surface area contributed by atoms with Crippen molar-refractivity contribution in [2.24, 2.45) is 5.41 Å². The van der Waals surface area contributed by atoms with Crippen molar-refractivity contribution in [1.82, 2.24) is 10.9 Å². The van der Waals surface area contributed by atoms with Crippen molar-refractivity contribution < 1.29 is 19.1 Å². The van der Waals surface area contributed by atoms with Gasteiger partial charge in [-0.3, -0.25) is 20.4 Å². The largest absolute Gasteiger partial charge is 0.493 e. The number of hydrogen-bond acceptors (Lipinski definition) is 4. The highest BCUT2D eigenvalue weighted by Crippen LogP contribution is 2.24. The van der Waals surface area contributed by atoms with Gasteiger partial charge in [0.05, 0.1) is 6.61 Å². The predicted molar refractivity (Wildman–Crippen MR) is 125 cm³/mol. The van der Waals surface area contributed by atoms with Crippen LogP contribution in [0.3, 0.4) is 0 Å². The molecule has 0 radical (unpaired) electrons. The number of carbonyl (C=O) groups excluding carboxylic acids is 2. The Bertz CT molecular complexity index is 928. The summed E-state index contributed by atoms with van der Waals surface area (Å²) in [7, 11) is 0. The third-order valence-corrected chi connectivity index (χ3v) is 5.87. The van der Waals surface area contributed by atoms with Gasteiger partial charge in [-0.2, -0.15) is 0 Å². The molecule has 2 amide bonds. The maximum atomic E-state index is 12.5. The Hall–Kier alpha value is -2.54. The van der Waals surface area contributed by atoms with Gasteiger partial charge in [0.15, 0.2) is 6.61 Å². The van der Waals surface area contributed by atoms with E-state index in [1.54, 1.807) is 6.07 Å². The summed E-state index contributed by atoms with van der Waals surface area (Å²) in [5.41, 5.74) is 7.49. The second-order valence-corrected chi connectivity index (χ2v) is 9.16. The van der Waals surface area contributed by atoms with Crippen molar-refractivity contribution in [1.29, 1.82) is 0 Å². The molecule has 2 aromatic rings. The Labute approximate surface area is 192 Å². The van der Waals surface area contributed by atoms with Crippen LogP contribution >= 0.6 is 15.9 Å². The maximum absolute atomic E-state index is 12.5. The first kappa shape index (κ1) is 24.7. The number of hydrazine groups is 1. The number of ether oxygens (including phenoxy) is 2. The van der Waals surface area contributed by atoms with Gasteiger partial charge in [0, 0.05) is 9.89 Å². The lowest BCUT2D eigenvalue weighted by molar-refractivity contribution is -0.135. The standard InChI is InChI=1S/C24H31BrN2O4/c1-16-7-8-17(2)21(13-16)30-12-6-11-24(4,5)23(29)27-26-22(28)15-31-19-9-10-20(25)18(3)14-19/h7-10,13-14H,6,11-12,15H2,1-5H3,(H,26,28)(H,27,29). The van der Waals surface area contributed by atoms with Crippen LogP contribution in [-0.2, 0) is 9.59 Å². The molecule has 0 saturated heterocycles. The molecule has 2 aromatic carbocycles. The summed E-state index contributed by atoms with van der Waals surface area (Å²) in [5, 5.41) is 0. The molecular weight excluding hydrogens is 460 g/mol. The zero-order valence-corrected chi connectivity index (χ0v) is 20.4. The highest BCUT2D eigenvalue weighted by Gasteiger charge is 2.27. The van der Waals surface area contributed by atoms with Gasteiger partial charge in [-0.1, -0.05) is 41.9 Å². The summed E-state index contributed by atoms with van der Waals surface area (Å²) in [6.07, 6.45) is 1.34. The lowest BCUT2D eigenvalue weighted by Gasteiger charge is -2.23. The molecule has 2 rings (SSSR count). The van der Waals surface area contributed by atoms with Gasteiger partial charge in [0.2, 0.25) is 5.91 Å². The highest BCUT2D eigenvalue weighted by atomic mass is 79.9. The zero-order valence-electron chi connectivity index (χ0n) is 18.8. The smallest absolute Gasteiger partial charge is 0.276 e. The van der Waals surface area contributed by atoms with E-state index < -0.39 is 11.3 Å². The topological polar surface area (TPSA) is 76.7 Å². The van der Waals surface area contributed by atoms with Crippen LogP contribution < -0.4 is 20.3 Å². The highest BCUT2D eigenvalue weighted by molar-refractivity contribution is 9.10. The van der Waals surface area contributed by atoms with Crippen LogP contribution in [0.1, 0.15) is 43.4 Å². The summed E-state index contributed by atoms with van der Waals surface area (Å²) in [6.45, 7) is 9.99. The second-order valence-electron chi connectivity index (χ2n) is 8.31. The van der Waals surface area contributed by atoms with E-state index in [0.29, 0.717) is 25.2 Å². The average molecular weight is 491 g/mol. The lowest BCUT2D eigenvalue weighted by Crippen LogP contribution is -2.48. The molecule has 6 nitrogen and oxygen atoms in total. The first-order chi connectivity index (χ1) is 14.6. The van der Waals surface area contributed by atoms with Crippen LogP contribution in [0, 0.1) is 26.2 Å². The van der Waals surface area contributed by atoms with Crippen molar-refractivity contribution in [2.75, 3.05) is 13.2 Å². The molecule has 0 aliphatic heterocycles. The number of aryl methyl sites for hydroxylation is 3. The number of carbonyl (C=O) groups is 2. The van der Waals surface area contributed by atoms with E-state index in [1.165, 1.54) is 0 Å². The number of benzene rings is 2. The van der Waals surface area contributed by atoms with Crippen LogP contribution in [0.4, 0.5) is 0 Å². The maximum Gasteiger partial charge on any atom is 0.276 e. The number of rotatable bonds is 9. The van der Waals surface area contributed by atoms with E-state index in [9.17, 15) is 9.59 Å². The quantitative estimate of drug-likeness (QED) is 0.391. The van der Waals surface area contributed by atoms with Gasteiger partial charge < -0.3 is 9.47 Å². The molecule has 2 N–H and O–H groups in total. The molecule has 31 heavy (non-hydrogen) atoms. The van der Waals surface area contributed by atoms with E-state index >= 15 is 0 Å². The minimum absolute atomic E-state index is 0.189. The van der Waals surface area contributed by atoms with E-state index in [0.717, 1.165) is 26.9 Å². The fraction of sp³-hybridized carbons (Fsp3) is 0.417. The third-order valence-electron chi connectivity index (χ3n) is 4.98. The summed E-state index contributed by atoms with van der Waals surface area (Å²) >= 11 is 3.42. The van der Waals surface area contributed by atoms with E-state index in [1.807, 2.05) is 58.9 Å². The van der Waals surface area contributed by atoms with Crippen LogP contribution in [0.2, 0.25) is 0 Å². The predicted octanol–water partition coefficient (Wildman–Crippen LogP) is 4.79. The first-order valence-corrected chi connectivity index (χ1v) is 11.1. The summed E-state index contributed by atoms with van der Waals surface area (Å²) in [6, 6.07) is 11.6. The molecule has 0 saturated carbocycles. The lowest BCUT2D eigenvalue weighted by atomic mass is 9.87. The van der Waals surface area contributed by atoms with Gasteiger partial charge in [-0.25, -0.2) is 0 Å². The summed E-state index contributed by atoms with van der Waals surface area (Å²) < 4.78 is 12.3. The Balaban J connectivity index is 1.71. The molecule has 0 unspecified atom stereocenters. The fourth-order valence-corrected chi connectivity index (χ4v) is 3.11. The normalized spacial score (nSPS) is 11.0. The van der Waals surface area contributed by atoms with Crippen LogP contribution in [0.5, 0.6) is 11.5 Å². The minimum Gasteiger partial charge on any atom is -0.493 e. The SMILES string of the molecule is Cc1ccc(C)c(OCCCC(C)(C)C(=O)NNC(=O)COc2ccc(Br)c(C)c2)c1. The van der Waals surface area contributed by atoms with E-state index in [-0.39, 0.29) is 12.5 Å². The van der Waals surface area contributed by atoms with Gasteiger partial charge in [0.25, 0.3) is 5.91 Å². The van der Waals surface area contributed by atoms with Crippen LogP contribution in [0.15, 0.2) is 40.9 Å². The average Bonchev–Trinajstić information content (AvgIpc) is 2.72. The molecule has 0 bridgehead atoms. The van der Waals surface area contributed by atoms with Crippen molar-refractivity contribution in [3.8, 4) is 11.5 Å². The number of amides is 2. The van der Waals surface area contributed by atoms with Crippen molar-refractivity contribution in [3.05, 3.63) is 57.6 Å². The summed E-state index contributed by atoms with van der Waals surface area (Å²) in [4.78, 5) is 24.5. The Morgan fingerprint density at radius 3 is 2.42 bits per heavy atom. The van der Waals surface area contributed by atoms with E-state index in [2.05, 4.69) is 32.8 Å². The first-order valence-electron chi connectivity index (χ1n) is 10.3. The molecule has 7 heteroatoms. The van der Waals surface area contributed by atoms with Gasteiger partial charge in [-0.15, -0.1) is 0 Å². The molecule has 0 aliphatic carbocycles. The van der Waals surface area contributed by atoms with Crippen molar-refractivity contribution >= 4 is 27.7 Å². The minimum atomic E-state index is -0.651. The Morgan fingerprint density at radius 2 is 1.71 bits per heavy atom. The number of halogens is 1. The fourth-order valence-electron chi connectivity index (χ4n) is 2.86. The Kier molecular flexibility index (Phi) is 8.92. The van der Waals surface area contributed by atoms with Crippen molar-refractivity contribution in [3.63, 3.8) is 0 Å². The molecule has 168 valence electrons. The molecule has 0 aliphatic rings. The van der Waals surface area contributed by atoms with Crippen LogP contribution in [-0.4, -0.2) is 25.0 Å². The van der Waals surface area contributed by atoms with Crippen molar-refractivity contribution in [2.45, 2.75) is 47.5 Å². The summed E-state index contributed by atoms with van der Waals surface area (Å²) in [5.74, 6) is 0.775. The van der Waals surface area contributed by atoms with Gasteiger partial charge >= 0.3 is 0 Å². The molecule has 0 heterocycles. The molecule has 0 atom stereocenters. The van der Waals surface area contributed by atoms with Crippen LogP contribution in [0.25, 0.3) is 0 Å². The molecule has 0 aromatic heterocycles. The zero-order chi connectivity index (χ0) is 23.0. The van der Waals surface area contributed by atoms with Gasteiger partial charge in [0.1, 0.15) is 11.5 Å². The molecule has 0 fully saturated rings. The van der Waals surface area contributed by atoms with Gasteiger partial charge in [-0.05, 0) is 74.6 Å². The third kappa shape index (κ3) is 7.90. The number of hydrogen-bond donors (Lipinski definition) is 2. The molecule has 0 spiro atoms. The number of nitrogens with one attached hydrogen (secondary N) is 2.